The zero-order chi connectivity index (χ0) is 17.0. The Hall–Kier alpha value is -2.21. The van der Waals surface area contributed by atoms with Gasteiger partial charge in [0.25, 0.3) is 5.56 Å². The average Bonchev–Trinajstić information content (AvgIpc) is 2.91. The lowest BCUT2D eigenvalue weighted by molar-refractivity contribution is 0.244. The molecule has 6 heteroatoms. The SMILES string of the molecule is C/C=C(C)\C(CNC(=O)n1sc2ncccc2c1=O)=C(\C)CC. The van der Waals surface area contributed by atoms with Gasteiger partial charge in [-0.2, -0.15) is 3.96 Å². The maximum atomic E-state index is 12.4. The first-order valence-corrected chi connectivity index (χ1v) is 8.34. The average molecular weight is 331 g/mol. The van der Waals surface area contributed by atoms with E-state index in [-0.39, 0.29) is 5.56 Å². The minimum absolute atomic E-state index is 0.323. The lowest BCUT2D eigenvalue weighted by Gasteiger charge is -2.13. The van der Waals surface area contributed by atoms with Gasteiger partial charge in [0.2, 0.25) is 0 Å². The lowest BCUT2D eigenvalue weighted by Crippen LogP contribution is -2.34. The molecule has 0 saturated heterocycles. The van der Waals surface area contributed by atoms with Crippen LogP contribution < -0.4 is 10.9 Å². The predicted molar refractivity (Wildman–Crippen MR) is 95.1 cm³/mol. The van der Waals surface area contributed by atoms with Gasteiger partial charge in [0.1, 0.15) is 4.83 Å². The van der Waals surface area contributed by atoms with Crippen LogP contribution in [0.4, 0.5) is 4.79 Å². The molecular weight excluding hydrogens is 310 g/mol. The van der Waals surface area contributed by atoms with Crippen LogP contribution in [0.15, 0.2) is 45.9 Å². The Morgan fingerprint density at radius 3 is 2.78 bits per heavy atom. The van der Waals surface area contributed by atoms with E-state index in [4.69, 9.17) is 0 Å². The standard InChI is InChI=1S/C17H21N3O2S/c1-5-11(3)14(12(4)6-2)10-19-17(22)20-16(21)13-8-7-9-18-15(13)23-20/h5,7-9H,6,10H2,1-4H3,(H,19,22)/b11-5-,14-12-. The largest absolute Gasteiger partial charge is 0.338 e. The Balaban J connectivity index is 2.24. The zero-order valence-corrected chi connectivity index (χ0v) is 14.7. The molecule has 122 valence electrons. The zero-order valence-electron chi connectivity index (χ0n) is 13.8. The van der Waals surface area contributed by atoms with Crippen LogP contribution in [0.2, 0.25) is 0 Å². The van der Waals surface area contributed by atoms with Gasteiger partial charge in [0.15, 0.2) is 0 Å². The fraction of sp³-hybridized carbons (Fsp3) is 0.353. The van der Waals surface area contributed by atoms with Crippen LogP contribution in [-0.4, -0.2) is 21.5 Å². The van der Waals surface area contributed by atoms with Gasteiger partial charge >= 0.3 is 6.03 Å². The van der Waals surface area contributed by atoms with E-state index in [1.54, 1.807) is 18.3 Å². The molecule has 2 aromatic heterocycles. The second-order valence-electron chi connectivity index (χ2n) is 5.29. The molecule has 0 bridgehead atoms. The highest BCUT2D eigenvalue weighted by Gasteiger charge is 2.15. The minimum atomic E-state index is -0.414. The number of allylic oxidation sites excluding steroid dienone is 2. The number of nitrogens with zero attached hydrogens (tertiary/aromatic N) is 2. The van der Waals surface area contributed by atoms with Crippen LogP contribution in [0, 0.1) is 0 Å². The van der Waals surface area contributed by atoms with Gasteiger partial charge in [-0.25, -0.2) is 9.78 Å². The minimum Gasteiger partial charge on any atom is -0.333 e. The predicted octanol–water partition coefficient (Wildman–Crippen LogP) is 3.71. The summed E-state index contributed by atoms with van der Waals surface area (Å²) in [6, 6.07) is 2.96. The van der Waals surface area contributed by atoms with Gasteiger partial charge in [-0.3, -0.25) is 4.79 Å². The molecule has 1 amide bonds. The van der Waals surface area contributed by atoms with Crippen molar-refractivity contribution in [3.8, 4) is 0 Å². The molecule has 0 aliphatic rings. The molecule has 2 rings (SSSR count). The van der Waals surface area contributed by atoms with E-state index in [0.29, 0.717) is 16.8 Å². The second-order valence-corrected chi connectivity index (χ2v) is 6.22. The molecule has 0 aliphatic heterocycles. The number of carbonyl (C=O) groups excluding carboxylic acids is 1. The topological polar surface area (TPSA) is 64.0 Å². The number of nitrogens with one attached hydrogen (secondary N) is 1. The molecular formula is C17H21N3O2S. The molecule has 23 heavy (non-hydrogen) atoms. The van der Waals surface area contributed by atoms with E-state index in [2.05, 4.69) is 24.1 Å². The van der Waals surface area contributed by atoms with Gasteiger partial charge in [-0.05, 0) is 56.4 Å². The third kappa shape index (κ3) is 3.59. The number of hydrogen-bond donors (Lipinski definition) is 1. The number of hydrogen-bond acceptors (Lipinski definition) is 4. The Kier molecular flexibility index (Phi) is 5.50. The number of amides is 1. The van der Waals surface area contributed by atoms with Gasteiger partial charge < -0.3 is 5.32 Å². The third-order valence-electron chi connectivity index (χ3n) is 3.92. The van der Waals surface area contributed by atoms with E-state index in [1.165, 1.54) is 5.57 Å². The van der Waals surface area contributed by atoms with Crippen molar-refractivity contribution in [2.24, 2.45) is 0 Å². The summed E-state index contributed by atoms with van der Waals surface area (Å²) in [4.78, 5) is 29.3. The molecule has 0 atom stereocenters. The number of fused-ring (bicyclic) bond motifs is 1. The van der Waals surface area contributed by atoms with Gasteiger partial charge in [-0.1, -0.05) is 24.1 Å². The summed E-state index contributed by atoms with van der Waals surface area (Å²) in [5.74, 6) is 0. The van der Waals surface area contributed by atoms with Crippen LogP contribution in [0.1, 0.15) is 34.1 Å². The molecule has 0 fully saturated rings. The lowest BCUT2D eigenvalue weighted by atomic mass is 10.0. The monoisotopic (exact) mass is 331 g/mol. The van der Waals surface area contributed by atoms with Crippen LogP contribution in [0.25, 0.3) is 10.2 Å². The first-order valence-electron chi connectivity index (χ1n) is 7.56. The third-order valence-corrected chi connectivity index (χ3v) is 4.93. The highest BCUT2D eigenvalue weighted by atomic mass is 32.1. The number of aromatic nitrogens is 2. The molecule has 5 nitrogen and oxygen atoms in total. The van der Waals surface area contributed by atoms with Crippen molar-refractivity contribution >= 4 is 27.8 Å². The molecule has 1 N–H and O–H groups in total. The fourth-order valence-electron chi connectivity index (χ4n) is 2.25. The second kappa shape index (κ2) is 7.37. The van der Waals surface area contributed by atoms with Gasteiger partial charge in [0, 0.05) is 12.7 Å². The first kappa shape index (κ1) is 17.1. The molecule has 0 aliphatic carbocycles. The Morgan fingerprint density at radius 1 is 1.43 bits per heavy atom. The first-order chi connectivity index (χ1) is 11.0. The van der Waals surface area contributed by atoms with Crippen molar-refractivity contribution in [2.45, 2.75) is 34.1 Å². The Bertz CT molecular complexity index is 843. The number of pyridine rings is 1. The highest BCUT2D eigenvalue weighted by molar-refractivity contribution is 7.14. The van der Waals surface area contributed by atoms with Crippen LogP contribution in [-0.2, 0) is 0 Å². The summed E-state index contributed by atoms with van der Waals surface area (Å²) in [5.41, 5.74) is 3.15. The maximum Gasteiger partial charge on any atom is 0.338 e. The fourth-order valence-corrected chi connectivity index (χ4v) is 3.11. The van der Waals surface area contributed by atoms with E-state index >= 15 is 0 Å². The van der Waals surface area contributed by atoms with Crippen molar-refractivity contribution in [3.63, 3.8) is 0 Å². The van der Waals surface area contributed by atoms with Crippen LogP contribution in [0.3, 0.4) is 0 Å². The maximum absolute atomic E-state index is 12.4. The van der Waals surface area contributed by atoms with E-state index in [9.17, 15) is 9.59 Å². The Morgan fingerprint density at radius 2 is 2.17 bits per heavy atom. The molecule has 2 aromatic rings. The van der Waals surface area contributed by atoms with Crippen molar-refractivity contribution in [1.82, 2.24) is 14.3 Å². The summed E-state index contributed by atoms with van der Waals surface area (Å²) in [6.07, 6.45) is 4.56. The quantitative estimate of drug-likeness (QED) is 0.869. The van der Waals surface area contributed by atoms with E-state index in [1.807, 2.05) is 19.9 Å². The highest BCUT2D eigenvalue weighted by Crippen LogP contribution is 2.17. The molecule has 0 radical (unpaired) electrons. The normalized spacial score (nSPS) is 13.1. The van der Waals surface area contributed by atoms with Crippen molar-refractivity contribution in [2.75, 3.05) is 6.54 Å². The van der Waals surface area contributed by atoms with Gasteiger partial charge in [-0.15, -0.1) is 0 Å². The van der Waals surface area contributed by atoms with Crippen molar-refractivity contribution in [3.05, 3.63) is 51.5 Å². The van der Waals surface area contributed by atoms with E-state index in [0.717, 1.165) is 33.1 Å². The number of carbonyl (C=O) groups is 1. The van der Waals surface area contributed by atoms with Crippen molar-refractivity contribution in [1.29, 1.82) is 0 Å². The Labute approximate surface area is 139 Å². The molecule has 0 aromatic carbocycles. The number of rotatable bonds is 4. The van der Waals surface area contributed by atoms with E-state index < -0.39 is 6.03 Å². The molecule has 2 heterocycles. The van der Waals surface area contributed by atoms with Crippen molar-refractivity contribution < 1.29 is 4.79 Å². The summed E-state index contributed by atoms with van der Waals surface area (Å²) < 4.78 is 1.13. The summed E-state index contributed by atoms with van der Waals surface area (Å²) in [6.45, 7) is 8.55. The van der Waals surface area contributed by atoms with Crippen LogP contribution >= 0.6 is 11.5 Å². The molecule has 0 saturated carbocycles. The summed E-state index contributed by atoms with van der Waals surface area (Å²) in [7, 11) is 0. The smallest absolute Gasteiger partial charge is 0.333 e. The summed E-state index contributed by atoms with van der Waals surface area (Å²) >= 11 is 1.06. The summed E-state index contributed by atoms with van der Waals surface area (Å²) in [5, 5.41) is 3.31. The van der Waals surface area contributed by atoms with Crippen LogP contribution in [0.5, 0.6) is 0 Å². The molecule has 0 spiro atoms. The van der Waals surface area contributed by atoms with Gasteiger partial charge in [0.05, 0.1) is 5.39 Å². The molecule has 0 unspecified atom stereocenters.